The molecule has 0 spiro atoms. The maximum atomic E-state index is 3.64. The summed E-state index contributed by atoms with van der Waals surface area (Å²) < 4.78 is 0. The molecular formula is C15H31N3. The monoisotopic (exact) mass is 253 g/mol. The highest BCUT2D eigenvalue weighted by Gasteiger charge is 2.22. The van der Waals surface area contributed by atoms with Crippen LogP contribution in [0.15, 0.2) is 0 Å². The Morgan fingerprint density at radius 1 is 1.22 bits per heavy atom. The molecule has 1 saturated carbocycles. The van der Waals surface area contributed by atoms with E-state index in [9.17, 15) is 0 Å². The number of hydrogen-bond acceptors (Lipinski definition) is 3. The molecule has 3 nitrogen and oxygen atoms in total. The van der Waals surface area contributed by atoms with Gasteiger partial charge in [-0.25, -0.2) is 0 Å². The number of likely N-dealkylation sites (tertiary alicyclic amines) is 1. The first kappa shape index (κ1) is 14.3. The van der Waals surface area contributed by atoms with Crippen molar-refractivity contribution >= 4 is 0 Å². The molecule has 1 aliphatic heterocycles. The number of hydrogen-bond donors (Lipinski definition) is 1. The van der Waals surface area contributed by atoms with Gasteiger partial charge in [-0.3, -0.25) is 0 Å². The van der Waals surface area contributed by atoms with Crippen molar-refractivity contribution in [1.29, 1.82) is 0 Å². The van der Waals surface area contributed by atoms with E-state index in [1.54, 1.807) is 0 Å². The maximum absolute atomic E-state index is 3.64. The van der Waals surface area contributed by atoms with E-state index in [4.69, 9.17) is 0 Å². The van der Waals surface area contributed by atoms with Crippen molar-refractivity contribution in [3.05, 3.63) is 0 Å². The lowest BCUT2D eigenvalue weighted by Crippen LogP contribution is -2.38. The first-order chi connectivity index (χ1) is 8.63. The van der Waals surface area contributed by atoms with Gasteiger partial charge in [-0.15, -0.1) is 0 Å². The van der Waals surface area contributed by atoms with Crippen molar-refractivity contribution in [2.24, 2.45) is 11.8 Å². The number of rotatable bonds is 7. The Hall–Kier alpha value is -0.120. The average Bonchev–Trinajstić information content (AvgIpc) is 3.13. The molecule has 1 saturated heterocycles. The van der Waals surface area contributed by atoms with E-state index in [1.807, 2.05) is 0 Å². The number of nitrogens with one attached hydrogen (secondary N) is 1. The minimum atomic E-state index is 0.780. The van der Waals surface area contributed by atoms with Gasteiger partial charge in [-0.2, -0.15) is 0 Å². The third kappa shape index (κ3) is 5.25. The van der Waals surface area contributed by atoms with Gasteiger partial charge >= 0.3 is 0 Å². The van der Waals surface area contributed by atoms with Crippen LogP contribution < -0.4 is 5.32 Å². The van der Waals surface area contributed by atoms with E-state index in [1.165, 1.54) is 58.4 Å². The molecule has 106 valence electrons. The van der Waals surface area contributed by atoms with Gasteiger partial charge in [0.15, 0.2) is 0 Å². The van der Waals surface area contributed by atoms with Crippen molar-refractivity contribution < 1.29 is 0 Å². The molecule has 0 radical (unpaired) electrons. The normalized spacial score (nSPS) is 24.7. The molecule has 0 bridgehead atoms. The summed E-state index contributed by atoms with van der Waals surface area (Å²) >= 11 is 0. The molecule has 1 aliphatic carbocycles. The first-order valence-corrected chi connectivity index (χ1v) is 7.74. The Kier molecular flexibility index (Phi) is 5.46. The van der Waals surface area contributed by atoms with Crippen LogP contribution in [0.1, 0.15) is 32.6 Å². The summed E-state index contributed by atoms with van der Waals surface area (Å²) in [5.41, 5.74) is 0. The minimum Gasteiger partial charge on any atom is -0.314 e. The molecule has 1 atom stereocenters. The summed E-state index contributed by atoms with van der Waals surface area (Å²) in [5.74, 6) is 1.71. The zero-order valence-corrected chi connectivity index (χ0v) is 12.5. The Morgan fingerprint density at radius 2 is 1.89 bits per heavy atom. The van der Waals surface area contributed by atoms with Gasteiger partial charge in [0, 0.05) is 19.1 Å². The van der Waals surface area contributed by atoms with Crippen LogP contribution in [-0.2, 0) is 0 Å². The predicted octanol–water partition coefficient (Wildman–Crippen LogP) is 1.65. The summed E-state index contributed by atoms with van der Waals surface area (Å²) in [6.45, 7) is 8.69. The smallest absolute Gasteiger partial charge is 0.00683 e. The largest absolute Gasteiger partial charge is 0.314 e. The molecule has 18 heavy (non-hydrogen) atoms. The molecule has 2 fully saturated rings. The van der Waals surface area contributed by atoms with Crippen LogP contribution >= 0.6 is 0 Å². The second-order valence-corrected chi connectivity index (χ2v) is 6.76. The second-order valence-electron chi connectivity index (χ2n) is 6.76. The van der Waals surface area contributed by atoms with Crippen LogP contribution in [0.4, 0.5) is 0 Å². The zero-order chi connectivity index (χ0) is 13.0. The Bertz CT molecular complexity index is 232. The fraction of sp³-hybridized carbons (Fsp3) is 1.00. The lowest BCUT2D eigenvalue weighted by atomic mass is 9.96. The molecule has 0 aromatic heterocycles. The van der Waals surface area contributed by atoms with E-state index in [0.29, 0.717) is 0 Å². The summed E-state index contributed by atoms with van der Waals surface area (Å²) in [7, 11) is 4.54. The third-order valence-electron chi connectivity index (χ3n) is 4.36. The van der Waals surface area contributed by atoms with Gasteiger partial charge in [0.25, 0.3) is 0 Å². The molecule has 0 amide bonds. The van der Waals surface area contributed by atoms with E-state index in [2.05, 4.69) is 36.1 Å². The average molecular weight is 253 g/mol. The van der Waals surface area contributed by atoms with Gasteiger partial charge in [0.05, 0.1) is 0 Å². The third-order valence-corrected chi connectivity index (χ3v) is 4.36. The van der Waals surface area contributed by atoms with E-state index in [-0.39, 0.29) is 0 Å². The molecular weight excluding hydrogens is 222 g/mol. The highest BCUT2D eigenvalue weighted by Crippen LogP contribution is 2.19. The number of nitrogens with zero attached hydrogens (tertiary/aromatic N) is 2. The summed E-state index contributed by atoms with van der Waals surface area (Å²) in [6.07, 6.45) is 5.57. The van der Waals surface area contributed by atoms with Crippen LogP contribution in [0.25, 0.3) is 0 Å². The molecule has 0 aromatic rings. The first-order valence-electron chi connectivity index (χ1n) is 7.74. The quantitative estimate of drug-likeness (QED) is 0.744. The van der Waals surface area contributed by atoms with Gasteiger partial charge < -0.3 is 15.1 Å². The van der Waals surface area contributed by atoms with Crippen LogP contribution in [0.5, 0.6) is 0 Å². The Labute approximate surface area is 113 Å². The molecule has 3 heteroatoms. The highest BCUT2D eigenvalue weighted by molar-refractivity contribution is 4.81. The van der Waals surface area contributed by atoms with Crippen molar-refractivity contribution in [2.45, 2.75) is 38.6 Å². The highest BCUT2D eigenvalue weighted by atomic mass is 15.1. The van der Waals surface area contributed by atoms with Gasteiger partial charge in [-0.05, 0) is 71.2 Å². The van der Waals surface area contributed by atoms with E-state index in [0.717, 1.165) is 17.9 Å². The van der Waals surface area contributed by atoms with Gasteiger partial charge in [0.2, 0.25) is 0 Å². The molecule has 2 rings (SSSR count). The molecule has 2 aliphatic rings. The second kappa shape index (κ2) is 6.88. The van der Waals surface area contributed by atoms with Gasteiger partial charge in [-0.1, -0.05) is 6.92 Å². The Morgan fingerprint density at radius 3 is 2.50 bits per heavy atom. The molecule has 1 heterocycles. The topological polar surface area (TPSA) is 18.5 Å². The van der Waals surface area contributed by atoms with Crippen LogP contribution in [0.3, 0.4) is 0 Å². The van der Waals surface area contributed by atoms with E-state index >= 15 is 0 Å². The van der Waals surface area contributed by atoms with Crippen molar-refractivity contribution in [3.63, 3.8) is 0 Å². The summed E-state index contributed by atoms with van der Waals surface area (Å²) in [4.78, 5) is 5.01. The van der Waals surface area contributed by atoms with Crippen molar-refractivity contribution in [1.82, 2.24) is 15.1 Å². The zero-order valence-electron chi connectivity index (χ0n) is 12.5. The number of piperidine rings is 1. The minimum absolute atomic E-state index is 0.780. The lowest BCUT2D eigenvalue weighted by molar-refractivity contribution is 0.167. The van der Waals surface area contributed by atoms with Gasteiger partial charge in [0.1, 0.15) is 0 Å². The molecule has 1 unspecified atom stereocenters. The lowest BCUT2D eigenvalue weighted by Gasteiger charge is -2.32. The van der Waals surface area contributed by atoms with E-state index < -0.39 is 0 Å². The SMILES string of the molecule is CC(CNC1CC1)CN(C)CC1CCN(C)CC1. The van der Waals surface area contributed by atoms with Crippen molar-refractivity contribution in [3.8, 4) is 0 Å². The fourth-order valence-corrected chi connectivity index (χ4v) is 3.01. The predicted molar refractivity (Wildman–Crippen MR) is 77.9 cm³/mol. The summed E-state index contributed by atoms with van der Waals surface area (Å²) in [6, 6.07) is 0.853. The van der Waals surface area contributed by atoms with Crippen LogP contribution in [0, 0.1) is 11.8 Å². The summed E-state index contributed by atoms with van der Waals surface area (Å²) in [5, 5.41) is 3.64. The molecule has 1 N–H and O–H groups in total. The van der Waals surface area contributed by atoms with Crippen LogP contribution in [0.2, 0.25) is 0 Å². The van der Waals surface area contributed by atoms with Crippen LogP contribution in [-0.4, -0.2) is 62.7 Å². The fourth-order valence-electron chi connectivity index (χ4n) is 3.01. The van der Waals surface area contributed by atoms with Crippen molar-refractivity contribution in [2.75, 3.05) is 46.8 Å². The standard InChI is InChI=1S/C15H31N3/c1-13(10-16-15-4-5-15)11-18(3)12-14-6-8-17(2)9-7-14/h13-16H,4-12H2,1-3H3. The maximum Gasteiger partial charge on any atom is 0.00683 e. The Balaban J connectivity index is 1.56. The molecule has 0 aromatic carbocycles.